The van der Waals surface area contributed by atoms with Gasteiger partial charge in [0.2, 0.25) is 6.79 Å². The minimum Gasteiger partial charge on any atom is -0.454 e. The lowest BCUT2D eigenvalue weighted by Crippen LogP contribution is -2.04. The van der Waals surface area contributed by atoms with Gasteiger partial charge < -0.3 is 14.0 Å². The maximum absolute atomic E-state index is 5.52. The van der Waals surface area contributed by atoms with Crippen LogP contribution in [0.3, 0.4) is 0 Å². The average Bonchev–Trinajstić information content (AvgIpc) is 3.47. The molecule has 0 bridgehead atoms. The summed E-state index contributed by atoms with van der Waals surface area (Å²) < 4.78 is 18.2. The Balaban J connectivity index is 1.47. The Morgan fingerprint density at radius 2 is 1.86 bits per heavy atom. The van der Waals surface area contributed by atoms with E-state index in [1.807, 2.05) is 61.5 Å². The number of aryl methyl sites for hydroxylation is 1. The molecule has 2 aromatic carbocycles. The zero-order chi connectivity index (χ0) is 19.6. The van der Waals surface area contributed by atoms with Gasteiger partial charge in [0.15, 0.2) is 22.5 Å². The molecule has 0 radical (unpaired) electrons. The minimum absolute atomic E-state index is 0.263. The molecular formula is C21H18N4O3S. The van der Waals surface area contributed by atoms with Crippen molar-refractivity contribution in [2.75, 3.05) is 6.79 Å². The second-order valence-electron chi connectivity index (χ2n) is 6.66. The van der Waals surface area contributed by atoms with E-state index in [0.717, 1.165) is 45.1 Å². The Kier molecular flexibility index (Phi) is 4.69. The van der Waals surface area contributed by atoms with Gasteiger partial charge in [0.1, 0.15) is 5.76 Å². The monoisotopic (exact) mass is 406 g/mol. The van der Waals surface area contributed by atoms with E-state index in [2.05, 4.69) is 19.9 Å². The van der Waals surface area contributed by atoms with Gasteiger partial charge in [-0.05, 0) is 24.6 Å². The van der Waals surface area contributed by atoms with Gasteiger partial charge in [-0.2, -0.15) is 0 Å². The molecule has 0 saturated carbocycles. The number of ether oxygens (including phenoxy) is 2. The number of nitrogens with zero attached hydrogens (tertiary/aromatic N) is 4. The van der Waals surface area contributed by atoms with Crippen LogP contribution in [0.2, 0.25) is 0 Å². The number of hydrogen-bond acceptors (Lipinski definition) is 7. The molecule has 0 saturated heterocycles. The smallest absolute Gasteiger partial charge is 0.231 e. The fourth-order valence-electron chi connectivity index (χ4n) is 3.19. The van der Waals surface area contributed by atoms with Crippen molar-refractivity contribution in [2.24, 2.45) is 0 Å². The summed E-state index contributed by atoms with van der Waals surface area (Å²) in [6.45, 7) is 2.77. The van der Waals surface area contributed by atoms with E-state index in [-0.39, 0.29) is 6.79 Å². The van der Waals surface area contributed by atoms with E-state index in [1.165, 1.54) is 0 Å². The molecule has 1 aliphatic rings. The van der Waals surface area contributed by atoms with E-state index in [0.29, 0.717) is 12.3 Å². The molecule has 4 aromatic rings. The van der Waals surface area contributed by atoms with E-state index >= 15 is 0 Å². The number of hydrogen-bond donors (Lipinski definition) is 0. The summed E-state index contributed by atoms with van der Waals surface area (Å²) in [5.41, 5.74) is 2.99. The van der Waals surface area contributed by atoms with Crippen LogP contribution in [0.5, 0.6) is 11.5 Å². The van der Waals surface area contributed by atoms with Crippen molar-refractivity contribution in [3.63, 3.8) is 0 Å². The molecule has 29 heavy (non-hydrogen) atoms. The number of aromatic nitrogens is 4. The van der Waals surface area contributed by atoms with Gasteiger partial charge in [-0.3, -0.25) is 4.57 Å². The SMILES string of the molecule is Cc1cc(CSc2nnc(-c3ccccc3)n2Cc2ccc3c(c2)OCO3)no1. The Bertz CT molecular complexity index is 1140. The number of benzene rings is 2. The van der Waals surface area contributed by atoms with Crippen molar-refractivity contribution in [2.45, 2.75) is 24.4 Å². The standard InChI is InChI=1S/C21H18N4O3S/c1-14-9-17(24-28-14)12-29-21-23-22-20(16-5-3-2-4-6-16)25(21)11-15-7-8-18-19(10-15)27-13-26-18/h2-10H,11-13H2,1H3. The van der Waals surface area contributed by atoms with Crippen LogP contribution in [-0.2, 0) is 12.3 Å². The van der Waals surface area contributed by atoms with Crippen LogP contribution in [-0.4, -0.2) is 26.7 Å². The molecule has 7 nitrogen and oxygen atoms in total. The normalized spacial score (nSPS) is 12.4. The van der Waals surface area contributed by atoms with Crippen LogP contribution in [0.15, 0.2) is 64.3 Å². The molecule has 8 heteroatoms. The van der Waals surface area contributed by atoms with Crippen LogP contribution >= 0.6 is 11.8 Å². The minimum atomic E-state index is 0.263. The predicted molar refractivity (Wildman–Crippen MR) is 108 cm³/mol. The lowest BCUT2D eigenvalue weighted by molar-refractivity contribution is 0.174. The van der Waals surface area contributed by atoms with E-state index in [9.17, 15) is 0 Å². The second-order valence-corrected chi connectivity index (χ2v) is 7.61. The van der Waals surface area contributed by atoms with E-state index < -0.39 is 0 Å². The fourth-order valence-corrected chi connectivity index (χ4v) is 4.00. The molecule has 0 N–H and O–H groups in total. The third-order valence-corrected chi connectivity index (χ3v) is 5.55. The van der Waals surface area contributed by atoms with E-state index in [4.69, 9.17) is 14.0 Å². The number of fused-ring (bicyclic) bond motifs is 1. The van der Waals surface area contributed by atoms with Crippen molar-refractivity contribution in [3.8, 4) is 22.9 Å². The third-order valence-electron chi connectivity index (χ3n) is 4.55. The molecule has 3 heterocycles. The van der Waals surface area contributed by atoms with Gasteiger partial charge in [0.25, 0.3) is 0 Å². The van der Waals surface area contributed by atoms with Crippen molar-refractivity contribution in [3.05, 3.63) is 71.6 Å². The Hall–Kier alpha value is -3.26. The van der Waals surface area contributed by atoms with Gasteiger partial charge in [-0.25, -0.2) is 0 Å². The molecular weight excluding hydrogens is 388 g/mol. The van der Waals surface area contributed by atoms with Gasteiger partial charge in [0.05, 0.1) is 12.2 Å². The number of rotatable bonds is 6. The first-order valence-electron chi connectivity index (χ1n) is 9.18. The van der Waals surface area contributed by atoms with Gasteiger partial charge in [0, 0.05) is 17.4 Å². The zero-order valence-corrected chi connectivity index (χ0v) is 16.6. The van der Waals surface area contributed by atoms with E-state index in [1.54, 1.807) is 11.8 Å². The lowest BCUT2D eigenvalue weighted by atomic mass is 10.2. The van der Waals surface area contributed by atoms with Gasteiger partial charge >= 0.3 is 0 Å². The third kappa shape index (κ3) is 3.71. The molecule has 146 valence electrons. The first-order chi connectivity index (χ1) is 14.3. The van der Waals surface area contributed by atoms with Crippen LogP contribution in [0.1, 0.15) is 17.0 Å². The second kappa shape index (κ2) is 7.63. The summed E-state index contributed by atoms with van der Waals surface area (Å²) in [5.74, 6) is 3.82. The summed E-state index contributed by atoms with van der Waals surface area (Å²) in [7, 11) is 0. The first kappa shape index (κ1) is 17.8. The summed E-state index contributed by atoms with van der Waals surface area (Å²) in [6.07, 6.45) is 0. The summed E-state index contributed by atoms with van der Waals surface area (Å²) in [5, 5.41) is 13.8. The maximum Gasteiger partial charge on any atom is 0.231 e. The number of thioether (sulfide) groups is 1. The summed E-state index contributed by atoms with van der Waals surface area (Å²) in [4.78, 5) is 0. The fraction of sp³-hybridized carbons (Fsp3) is 0.190. The molecule has 0 spiro atoms. The van der Waals surface area contributed by atoms with Gasteiger partial charge in [-0.1, -0.05) is 53.3 Å². The summed E-state index contributed by atoms with van der Waals surface area (Å²) >= 11 is 1.58. The zero-order valence-electron chi connectivity index (χ0n) is 15.7. The van der Waals surface area contributed by atoms with Crippen LogP contribution < -0.4 is 9.47 Å². The predicted octanol–water partition coefficient (Wildman–Crippen LogP) is 4.31. The van der Waals surface area contributed by atoms with Crippen LogP contribution in [0.4, 0.5) is 0 Å². The Labute approximate surface area is 171 Å². The van der Waals surface area contributed by atoms with Crippen molar-refractivity contribution in [1.29, 1.82) is 0 Å². The highest BCUT2D eigenvalue weighted by Gasteiger charge is 2.18. The molecule has 0 amide bonds. The molecule has 2 aromatic heterocycles. The quantitative estimate of drug-likeness (QED) is 0.442. The topological polar surface area (TPSA) is 75.2 Å². The molecule has 0 atom stereocenters. The van der Waals surface area contributed by atoms with Crippen LogP contribution in [0, 0.1) is 6.92 Å². The van der Waals surface area contributed by atoms with Crippen molar-refractivity contribution < 1.29 is 14.0 Å². The Morgan fingerprint density at radius 3 is 2.69 bits per heavy atom. The van der Waals surface area contributed by atoms with Crippen molar-refractivity contribution in [1.82, 2.24) is 19.9 Å². The highest BCUT2D eigenvalue weighted by Crippen LogP contribution is 2.34. The molecule has 5 rings (SSSR count). The first-order valence-corrected chi connectivity index (χ1v) is 10.2. The van der Waals surface area contributed by atoms with Crippen molar-refractivity contribution >= 4 is 11.8 Å². The molecule has 0 unspecified atom stereocenters. The maximum atomic E-state index is 5.52. The lowest BCUT2D eigenvalue weighted by Gasteiger charge is -2.11. The molecule has 1 aliphatic heterocycles. The molecule has 0 aliphatic carbocycles. The highest BCUT2D eigenvalue weighted by atomic mass is 32.2. The van der Waals surface area contributed by atoms with Crippen LogP contribution in [0.25, 0.3) is 11.4 Å². The summed E-state index contributed by atoms with van der Waals surface area (Å²) in [6, 6.07) is 18.0. The molecule has 0 fully saturated rings. The average molecular weight is 406 g/mol. The van der Waals surface area contributed by atoms with Gasteiger partial charge in [-0.15, -0.1) is 10.2 Å². The highest BCUT2D eigenvalue weighted by molar-refractivity contribution is 7.98. The Morgan fingerprint density at radius 1 is 1.00 bits per heavy atom. The largest absolute Gasteiger partial charge is 0.454 e.